The normalized spacial score (nSPS) is 17.6. The van der Waals surface area contributed by atoms with Crippen molar-refractivity contribution in [3.05, 3.63) is 84.8 Å². The number of carbonyl (C=O) groups is 2. The first-order valence-electron chi connectivity index (χ1n) is 10.5. The van der Waals surface area contributed by atoms with Gasteiger partial charge in [0.05, 0.1) is 33.6 Å². The third kappa shape index (κ3) is 4.48. The number of nitrogens with zero attached hydrogens (tertiary/aromatic N) is 1. The Morgan fingerprint density at radius 1 is 1.24 bits per heavy atom. The summed E-state index contributed by atoms with van der Waals surface area (Å²) in [7, 11) is 1.26. The van der Waals surface area contributed by atoms with E-state index in [2.05, 4.69) is 37.9 Å². The number of hydrogen-bond acceptors (Lipinski definition) is 7. The molecule has 4 rings (SSSR count). The first kappa shape index (κ1) is 24.0. The Hall–Kier alpha value is -3.09. The van der Waals surface area contributed by atoms with Crippen molar-refractivity contribution in [1.82, 2.24) is 0 Å². The van der Waals surface area contributed by atoms with Crippen LogP contribution in [0, 0.1) is 11.3 Å². The third-order valence-electron chi connectivity index (χ3n) is 5.75. The lowest BCUT2D eigenvalue weighted by Gasteiger charge is -2.32. The topological polar surface area (TPSA) is 112 Å². The third-order valence-corrected chi connectivity index (χ3v) is 6.93. The fourth-order valence-corrected chi connectivity index (χ4v) is 5.64. The van der Waals surface area contributed by atoms with E-state index in [4.69, 9.17) is 19.9 Å². The number of carbonyl (C=O) groups excluding carboxylic acids is 2. The van der Waals surface area contributed by atoms with Gasteiger partial charge in [-0.25, -0.2) is 4.79 Å². The summed E-state index contributed by atoms with van der Waals surface area (Å²) in [6.45, 7) is 0.186. The maximum absolute atomic E-state index is 12.9. The number of ketones is 1. The number of methoxy groups -OCH3 is 1. The monoisotopic (exact) mass is 586 g/mol. The predicted molar refractivity (Wildman–Crippen MR) is 130 cm³/mol. The standard InChI is InChI=1S/C25H20Br2N2O5/c1-32-25(31)22-20(21-18(30)7-4-8-19(21)34-24(22)29)15-9-16(26)23(17(27)10-15)33-12-14-6-3-2-5-13(14)11-28/h2-3,5-6,9-10,20H,4,7-8,12,29H2,1H3/t20-/m0/s1. The molecule has 0 amide bonds. The SMILES string of the molecule is COC(=O)C1=C(N)OC2=C(C(=O)CCC2)[C@@H]1c1cc(Br)c(OCc2ccccc2C#N)c(Br)c1. The van der Waals surface area contributed by atoms with Gasteiger partial charge in [0.15, 0.2) is 5.78 Å². The molecule has 0 fully saturated rings. The Morgan fingerprint density at radius 3 is 2.62 bits per heavy atom. The summed E-state index contributed by atoms with van der Waals surface area (Å²) in [4.78, 5) is 25.6. The number of halogens is 2. The van der Waals surface area contributed by atoms with Crippen molar-refractivity contribution in [3.8, 4) is 11.8 Å². The zero-order valence-electron chi connectivity index (χ0n) is 18.2. The first-order chi connectivity index (χ1) is 16.3. The maximum atomic E-state index is 12.9. The van der Waals surface area contributed by atoms with E-state index in [-0.39, 0.29) is 23.8 Å². The van der Waals surface area contributed by atoms with Crippen LogP contribution in [0.5, 0.6) is 5.75 Å². The summed E-state index contributed by atoms with van der Waals surface area (Å²) in [6, 6.07) is 12.9. The van der Waals surface area contributed by atoms with Crippen LogP contribution in [0.4, 0.5) is 0 Å². The lowest BCUT2D eigenvalue weighted by Crippen LogP contribution is -2.31. The molecular weight excluding hydrogens is 568 g/mol. The number of esters is 1. The van der Waals surface area contributed by atoms with E-state index in [1.54, 1.807) is 24.3 Å². The van der Waals surface area contributed by atoms with E-state index in [1.165, 1.54) is 7.11 Å². The van der Waals surface area contributed by atoms with Crippen molar-refractivity contribution in [2.24, 2.45) is 5.73 Å². The molecule has 9 heteroatoms. The summed E-state index contributed by atoms with van der Waals surface area (Å²) in [6.07, 6.45) is 1.60. The van der Waals surface area contributed by atoms with Gasteiger partial charge in [-0.2, -0.15) is 5.26 Å². The van der Waals surface area contributed by atoms with E-state index >= 15 is 0 Å². The molecule has 174 valence electrons. The van der Waals surface area contributed by atoms with Gasteiger partial charge in [-0.05, 0) is 62.0 Å². The molecule has 1 heterocycles. The lowest BCUT2D eigenvalue weighted by atomic mass is 9.77. The molecule has 0 bridgehead atoms. The van der Waals surface area contributed by atoms with Crippen LogP contribution in [0.1, 0.15) is 41.9 Å². The van der Waals surface area contributed by atoms with Crippen LogP contribution in [0.3, 0.4) is 0 Å². The Morgan fingerprint density at radius 2 is 1.94 bits per heavy atom. The van der Waals surface area contributed by atoms with E-state index < -0.39 is 11.9 Å². The predicted octanol–water partition coefficient (Wildman–Crippen LogP) is 5.13. The molecule has 2 aliphatic rings. The zero-order valence-corrected chi connectivity index (χ0v) is 21.4. The second kappa shape index (κ2) is 10.0. The van der Waals surface area contributed by atoms with Crippen molar-refractivity contribution in [1.29, 1.82) is 5.26 Å². The molecule has 1 aliphatic carbocycles. The van der Waals surface area contributed by atoms with Crippen molar-refractivity contribution >= 4 is 43.6 Å². The molecule has 7 nitrogen and oxygen atoms in total. The van der Waals surface area contributed by atoms with E-state index in [0.717, 1.165) is 5.56 Å². The smallest absolute Gasteiger partial charge is 0.340 e. The number of nitrogens with two attached hydrogens (primary N) is 1. The van der Waals surface area contributed by atoms with Gasteiger partial charge >= 0.3 is 5.97 Å². The zero-order chi connectivity index (χ0) is 24.4. The number of ether oxygens (including phenoxy) is 3. The van der Waals surface area contributed by atoms with Crippen molar-refractivity contribution < 1.29 is 23.8 Å². The van der Waals surface area contributed by atoms with Crippen molar-refractivity contribution in [3.63, 3.8) is 0 Å². The molecule has 0 unspecified atom stereocenters. The van der Waals surface area contributed by atoms with Gasteiger partial charge in [-0.15, -0.1) is 0 Å². The van der Waals surface area contributed by atoms with Gasteiger partial charge in [-0.3, -0.25) is 4.79 Å². The molecule has 0 saturated heterocycles. The molecular formula is C25H20Br2N2O5. The van der Waals surface area contributed by atoms with Crippen molar-refractivity contribution in [2.75, 3.05) is 7.11 Å². The molecule has 2 aromatic carbocycles. The number of benzene rings is 2. The molecule has 2 aromatic rings. The minimum Gasteiger partial charge on any atom is -0.486 e. The number of hydrogen-bond donors (Lipinski definition) is 1. The van der Waals surface area contributed by atoms with E-state index in [0.29, 0.717) is 56.4 Å². The molecule has 0 radical (unpaired) electrons. The largest absolute Gasteiger partial charge is 0.486 e. The quantitative estimate of drug-likeness (QED) is 0.483. The van der Waals surface area contributed by atoms with Gasteiger partial charge in [0.2, 0.25) is 5.88 Å². The Bertz CT molecular complexity index is 1270. The first-order valence-corrected chi connectivity index (χ1v) is 12.1. The van der Waals surface area contributed by atoms with Crippen LogP contribution >= 0.6 is 31.9 Å². The molecule has 2 N–H and O–H groups in total. The van der Waals surface area contributed by atoms with Crippen LogP contribution in [0.15, 0.2) is 68.1 Å². The van der Waals surface area contributed by atoms with Crippen molar-refractivity contribution in [2.45, 2.75) is 31.8 Å². The van der Waals surface area contributed by atoms with Crippen LogP contribution < -0.4 is 10.5 Å². The van der Waals surface area contributed by atoms with Gasteiger partial charge in [0.25, 0.3) is 0 Å². The van der Waals surface area contributed by atoms with Crippen LogP contribution in [0.2, 0.25) is 0 Å². The number of rotatable bonds is 5. The summed E-state index contributed by atoms with van der Waals surface area (Å²) in [5.41, 5.74) is 8.57. The fraction of sp³-hybridized carbons (Fsp3) is 0.240. The fourth-order valence-electron chi connectivity index (χ4n) is 4.19. The van der Waals surface area contributed by atoms with Gasteiger partial charge < -0.3 is 19.9 Å². The van der Waals surface area contributed by atoms with Gasteiger partial charge in [0.1, 0.15) is 23.7 Å². The van der Waals surface area contributed by atoms with E-state index in [1.807, 2.05) is 12.1 Å². The minimum atomic E-state index is -0.732. The average molecular weight is 588 g/mol. The van der Waals surface area contributed by atoms with Crippen LogP contribution in [-0.2, 0) is 25.7 Å². The number of allylic oxidation sites excluding steroid dienone is 2. The van der Waals surface area contributed by atoms with Crippen LogP contribution in [0.25, 0.3) is 0 Å². The molecule has 0 aromatic heterocycles. The maximum Gasteiger partial charge on any atom is 0.340 e. The Kier molecular flexibility index (Phi) is 7.10. The summed E-state index contributed by atoms with van der Waals surface area (Å²) >= 11 is 7.10. The molecule has 0 saturated carbocycles. The number of nitriles is 1. The minimum absolute atomic E-state index is 0.0639. The second-order valence-electron chi connectivity index (χ2n) is 7.79. The highest BCUT2D eigenvalue weighted by molar-refractivity contribution is 9.11. The Labute approximate surface area is 213 Å². The molecule has 1 aliphatic heterocycles. The van der Waals surface area contributed by atoms with Crippen LogP contribution in [-0.4, -0.2) is 18.9 Å². The highest BCUT2D eigenvalue weighted by Gasteiger charge is 2.41. The molecule has 34 heavy (non-hydrogen) atoms. The average Bonchev–Trinajstić information content (AvgIpc) is 2.82. The highest BCUT2D eigenvalue weighted by atomic mass is 79.9. The number of Topliss-reactive ketones (excluding diaryl/α,β-unsaturated/α-hetero) is 1. The lowest BCUT2D eigenvalue weighted by molar-refractivity contribution is -0.136. The summed E-state index contributed by atoms with van der Waals surface area (Å²) in [5.74, 6) is -0.527. The summed E-state index contributed by atoms with van der Waals surface area (Å²) < 4.78 is 17.8. The van der Waals surface area contributed by atoms with Gasteiger partial charge in [0, 0.05) is 24.0 Å². The molecule has 0 spiro atoms. The summed E-state index contributed by atoms with van der Waals surface area (Å²) in [5, 5.41) is 9.31. The van der Waals surface area contributed by atoms with E-state index in [9.17, 15) is 14.9 Å². The second-order valence-corrected chi connectivity index (χ2v) is 9.50. The molecule has 1 atom stereocenters. The Balaban J connectivity index is 1.74. The highest BCUT2D eigenvalue weighted by Crippen LogP contribution is 2.47. The van der Waals surface area contributed by atoms with Gasteiger partial charge in [-0.1, -0.05) is 18.2 Å².